The summed E-state index contributed by atoms with van der Waals surface area (Å²) in [5, 5.41) is 13.4. The zero-order valence-electron chi connectivity index (χ0n) is 11.1. The minimum atomic E-state index is -0.601. The number of benzene rings is 1. The highest BCUT2D eigenvalue weighted by Crippen LogP contribution is 2.27. The van der Waals surface area contributed by atoms with E-state index in [4.69, 9.17) is 11.6 Å². The standard InChI is InChI=1S/C13H17ClN2O3/c1-8(2)7-9(3)15-13(17)10-5-4-6-11(12(10)14)16(18)19/h4-6,8-9H,7H2,1-3H3,(H,15,17). The van der Waals surface area contributed by atoms with Crippen molar-refractivity contribution >= 4 is 23.2 Å². The average molecular weight is 285 g/mol. The molecule has 104 valence electrons. The molecule has 19 heavy (non-hydrogen) atoms. The maximum atomic E-state index is 12.0. The Morgan fingerprint density at radius 2 is 2.05 bits per heavy atom. The molecule has 0 saturated heterocycles. The lowest BCUT2D eigenvalue weighted by molar-refractivity contribution is -0.384. The summed E-state index contributed by atoms with van der Waals surface area (Å²) in [5.74, 6) is 0.0673. The van der Waals surface area contributed by atoms with Gasteiger partial charge in [-0.05, 0) is 25.3 Å². The molecule has 1 N–H and O–H groups in total. The minimum Gasteiger partial charge on any atom is -0.350 e. The number of amides is 1. The number of carbonyl (C=O) groups is 1. The Balaban J connectivity index is 2.89. The van der Waals surface area contributed by atoms with Crippen molar-refractivity contribution in [1.82, 2.24) is 5.32 Å². The fourth-order valence-electron chi connectivity index (χ4n) is 1.90. The van der Waals surface area contributed by atoms with Crippen molar-refractivity contribution in [3.8, 4) is 0 Å². The molecule has 1 unspecified atom stereocenters. The van der Waals surface area contributed by atoms with Gasteiger partial charge in [-0.2, -0.15) is 0 Å². The van der Waals surface area contributed by atoms with Gasteiger partial charge in [-0.15, -0.1) is 0 Å². The molecule has 1 amide bonds. The number of nitrogens with one attached hydrogen (secondary N) is 1. The summed E-state index contributed by atoms with van der Waals surface area (Å²) in [4.78, 5) is 22.2. The van der Waals surface area contributed by atoms with Gasteiger partial charge in [0.15, 0.2) is 0 Å². The van der Waals surface area contributed by atoms with Gasteiger partial charge in [0.2, 0.25) is 0 Å². The molecule has 0 bridgehead atoms. The first-order valence-corrected chi connectivity index (χ1v) is 6.44. The maximum absolute atomic E-state index is 12.0. The van der Waals surface area contributed by atoms with Crippen LogP contribution in [-0.4, -0.2) is 16.9 Å². The minimum absolute atomic E-state index is 0.0113. The second kappa shape index (κ2) is 6.52. The lowest BCUT2D eigenvalue weighted by atomic mass is 10.0. The topological polar surface area (TPSA) is 72.2 Å². The van der Waals surface area contributed by atoms with Gasteiger partial charge in [-0.25, -0.2) is 0 Å². The van der Waals surface area contributed by atoms with Crippen LogP contribution in [0.2, 0.25) is 5.02 Å². The van der Waals surface area contributed by atoms with E-state index in [2.05, 4.69) is 19.2 Å². The summed E-state index contributed by atoms with van der Waals surface area (Å²) in [7, 11) is 0. The summed E-state index contributed by atoms with van der Waals surface area (Å²) in [5.41, 5.74) is -0.127. The molecule has 0 radical (unpaired) electrons. The van der Waals surface area contributed by atoms with Gasteiger partial charge in [-0.1, -0.05) is 31.5 Å². The summed E-state index contributed by atoms with van der Waals surface area (Å²) in [6, 6.07) is 4.19. The number of hydrogen-bond acceptors (Lipinski definition) is 3. The van der Waals surface area contributed by atoms with E-state index in [-0.39, 0.29) is 28.2 Å². The van der Waals surface area contributed by atoms with Crippen LogP contribution in [0.3, 0.4) is 0 Å². The van der Waals surface area contributed by atoms with E-state index < -0.39 is 4.92 Å². The normalized spacial score (nSPS) is 12.3. The highest BCUT2D eigenvalue weighted by Gasteiger charge is 2.20. The van der Waals surface area contributed by atoms with Crippen LogP contribution in [0.15, 0.2) is 18.2 Å². The smallest absolute Gasteiger partial charge is 0.288 e. The molecule has 0 aromatic heterocycles. The monoisotopic (exact) mass is 284 g/mol. The SMILES string of the molecule is CC(C)CC(C)NC(=O)c1cccc([N+](=O)[O-])c1Cl. The van der Waals surface area contributed by atoms with Crippen LogP contribution in [0.5, 0.6) is 0 Å². The van der Waals surface area contributed by atoms with E-state index in [9.17, 15) is 14.9 Å². The molecule has 1 aromatic rings. The molecule has 1 atom stereocenters. The molecule has 1 rings (SSSR count). The molecular weight excluding hydrogens is 268 g/mol. The van der Waals surface area contributed by atoms with Crippen LogP contribution in [0.25, 0.3) is 0 Å². The van der Waals surface area contributed by atoms with Crippen molar-refractivity contribution in [3.05, 3.63) is 38.9 Å². The van der Waals surface area contributed by atoms with E-state index in [0.717, 1.165) is 6.42 Å². The number of nitro groups is 1. The van der Waals surface area contributed by atoms with Crippen molar-refractivity contribution in [2.24, 2.45) is 5.92 Å². The Kier molecular flexibility index (Phi) is 5.30. The van der Waals surface area contributed by atoms with Gasteiger partial charge in [0.25, 0.3) is 11.6 Å². The third-order valence-electron chi connectivity index (χ3n) is 2.62. The average Bonchev–Trinajstić information content (AvgIpc) is 2.27. The third-order valence-corrected chi connectivity index (χ3v) is 3.02. The van der Waals surface area contributed by atoms with Crippen molar-refractivity contribution in [3.63, 3.8) is 0 Å². The lowest BCUT2D eigenvalue weighted by Gasteiger charge is -2.16. The Labute approximate surface area is 117 Å². The highest BCUT2D eigenvalue weighted by molar-refractivity contribution is 6.35. The molecule has 0 aliphatic rings. The number of carbonyl (C=O) groups excluding carboxylic acids is 1. The number of nitrogens with zero attached hydrogens (tertiary/aromatic N) is 1. The molecule has 0 aliphatic carbocycles. The van der Waals surface area contributed by atoms with Crippen molar-refractivity contribution in [2.45, 2.75) is 33.2 Å². The Morgan fingerprint density at radius 3 is 2.58 bits per heavy atom. The van der Waals surface area contributed by atoms with Crippen molar-refractivity contribution in [1.29, 1.82) is 0 Å². The van der Waals surface area contributed by atoms with E-state index in [0.29, 0.717) is 5.92 Å². The van der Waals surface area contributed by atoms with Gasteiger partial charge < -0.3 is 5.32 Å². The Bertz CT molecular complexity index is 489. The Morgan fingerprint density at radius 1 is 1.42 bits per heavy atom. The quantitative estimate of drug-likeness (QED) is 0.665. The largest absolute Gasteiger partial charge is 0.350 e. The zero-order chi connectivity index (χ0) is 14.6. The second-order valence-corrected chi connectivity index (χ2v) is 5.28. The van der Waals surface area contributed by atoms with Gasteiger partial charge in [-0.3, -0.25) is 14.9 Å². The van der Waals surface area contributed by atoms with Gasteiger partial charge in [0, 0.05) is 12.1 Å². The summed E-state index contributed by atoms with van der Waals surface area (Å²) in [6.07, 6.45) is 0.832. The van der Waals surface area contributed by atoms with Gasteiger partial charge in [0.1, 0.15) is 5.02 Å². The van der Waals surface area contributed by atoms with Gasteiger partial charge in [0.05, 0.1) is 10.5 Å². The van der Waals surface area contributed by atoms with Crippen LogP contribution in [0.1, 0.15) is 37.6 Å². The second-order valence-electron chi connectivity index (χ2n) is 4.90. The van der Waals surface area contributed by atoms with Crippen molar-refractivity contribution in [2.75, 3.05) is 0 Å². The fraction of sp³-hybridized carbons (Fsp3) is 0.462. The fourth-order valence-corrected chi connectivity index (χ4v) is 2.18. The molecule has 1 aromatic carbocycles. The number of nitro benzene ring substituents is 1. The third kappa shape index (κ3) is 4.21. The molecule has 0 saturated carbocycles. The van der Waals surface area contributed by atoms with Crippen LogP contribution in [-0.2, 0) is 0 Å². The van der Waals surface area contributed by atoms with Crippen LogP contribution in [0.4, 0.5) is 5.69 Å². The maximum Gasteiger partial charge on any atom is 0.288 e. The predicted octanol–water partition coefficient (Wildman–Crippen LogP) is 3.41. The van der Waals surface area contributed by atoms with Crippen LogP contribution >= 0.6 is 11.6 Å². The first-order valence-electron chi connectivity index (χ1n) is 6.06. The zero-order valence-corrected chi connectivity index (χ0v) is 11.9. The lowest BCUT2D eigenvalue weighted by Crippen LogP contribution is -2.33. The number of hydrogen-bond donors (Lipinski definition) is 1. The van der Waals surface area contributed by atoms with Crippen LogP contribution in [0, 0.1) is 16.0 Å². The highest BCUT2D eigenvalue weighted by atomic mass is 35.5. The molecular formula is C13H17ClN2O3. The number of rotatable bonds is 5. The first-order chi connectivity index (χ1) is 8.82. The molecule has 5 nitrogen and oxygen atoms in total. The molecule has 6 heteroatoms. The summed E-state index contributed by atoms with van der Waals surface area (Å²) < 4.78 is 0. The molecule has 0 aliphatic heterocycles. The number of halogens is 1. The Hall–Kier alpha value is -1.62. The van der Waals surface area contributed by atoms with Gasteiger partial charge >= 0.3 is 0 Å². The summed E-state index contributed by atoms with van der Waals surface area (Å²) >= 11 is 5.89. The molecule has 0 heterocycles. The predicted molar refractivity (Wildman–Crippen MR) is 74.5 cm³/mol. The van der Waals surface area contributed by atoms with Crippen LogP contribution < -0.4 is 5.32 Å². The summed E-state index contributed by atoms with van der Waals surface area (Å²) in [6.45, 7) is 6.01. The van der Waals surface area contributed by atoms with E-state index in [1.807, 2.05) is 6.92 Å². The molecule has 0 fully saturated rings. The van der Waals surface area contributed by atoms with E-state index in [1.54, 1.807) is 0 Å². The van der Waals surface area contributed by atoms with E-state index >= 15 is 0 Å². The first kappa shape index (κ1) is 15.4. The van der Waals surface area contributed by atoms with E-state index in [1.165, 1.54) is 18.2 Å². The van der Waals surface area contributed by atoms with Crippen molar-refractivity contribution < 1.29 is 9.72 Å². The molecule has 0 spiro atoms.